The Morgan fingerprint density at radius 1 is 1.23 bits per heavy atom. The molecule has 1 aromatic carbocycles. The summed E-state index contributed by atoms with van der Waals surface area (Å²) in [5.74, 6) is -0.231. The molecule has 1 aliphatic rings. The van der Waals surface area contributed by atoms with Gasteiger partial charge in [0.2, 0.25) is 11.8 Å². The number of hydrogen-bond donors (Lipinski definition) is 1. The summed E-state index contributed by atoms with van der Waals surface area (Å²) in [5.41, 5.74) is 1.34. The summed E-state index contributed by atoms with van der Waals surface area (Å²) in [4.78, 5) is 41.0. The van der Waals surface area contributed by atoms with Crippen LogP contribution in [0.25, 0.3) is 10.9 Å². The van der Waals surface area contributed by atoms with E-state index >= 15 is 0 Å². The Bertz CT molecular complexity index is 838. The van der Waals surface area contributed by atoms with Gasteiger partial charge in [-0.1, -0.05) is 12.1 Å². The van der Waals surface area contributed by atoms with E-state index < -0.39 is 11.9 Å². The summed E-state index contributed by atoms with van der Waals surface area (Å²) in [7, 11) is 0. The molecule has 3 rings (SSSR count). The molecule has 22 heavy (non-hydrogen) atoms. The number of nitrogens with zero attached hydrogens (tertiary/aromatic N) is 2. The van der Waals surface area contributed by atoms with Gasteiger partial charge in [-0.3, -0.25) is 24.3 Å². The number of carbonyl (C=O) groups excluding carboxylic acids is 2. The molecule has 1 atom stereocenters. The van der Waals surface area contributed by atoms with Crippen molar-refractivity contribution in [1.82, 2.24) is 14.9 Å². The quantitative estimate of drug-likeness (QED) is 0.807. The minimum atomic E-state index is -0.684. The van der Waals surface area contributed by atoms with Crippen LogP contribution in [-0.2, 0) is 9.59 Å². The average Bonchev–Trinajstić information content (AvgIpc) is 2.62. The maximum absolute atomic E-state index is 12.8. The van der Waals surface area contributed by atoms with Crippen molar-refractivity contribution in [3.05, 3.63) is 39.9 Å². The molecule has 1 aliphatic heterocycles. The lowest BCUT2D eigenvalue weighted by molar-refractivity contribution is -0.131. The highest BCUT2D eigenvalue weighted by Gasteiger charge is 2.28. The number of para-hydroxylation sites is 1. The molecule has 1 saturated heterocycles. The van der Waals surface area contributed by atoms with Crippen LogP contribution >= 0.6 is 0 Å². The van der Waals surface area contributed by atoms with Gasteiger partial charge in [-0.05, 0) is 38.3 Å². The highest BCUT2D eigenvalue weighted by atomic mass is 16.2. The third-order valence-electron chi connectivity index (χ3n) is 4.07. The number of benzene rings is 1. The Kier molecular flexibility index (Phi) is 3.52. The average molecular weight is 299 g/mol. The summed E-state index contributed by atoms with van der Waals surface area (Å²) in [6, 6.07) is 4.73. The van der Waals surface area contributed by atoms with E-state index in [2.05, 4.69) is 10.3 Å². The summed E-state index contributed by atoms with van der Waals surface area (Å²) in [5, 5.41) is 2.83. The summed E-state index contributed by atoms with van der Waals surface area (Å²) in [6.07, 6.45) is 1.33. The first-order chi connectivity index (χ1) is 10.5. The number of amides is 2. The molecular weight excluding hydrogens is 282 g/mol. The van der Waals surface area contributed by atoms with Crippen molar-refractivity contribution < 1.29 is 9.59 Å². The van der Waals surface area contributed by atoms with Crippen molar-refractivity contribution in [2.45, 2.75) is 39.2 Å². The molecule has 6 heteroatoms. The zero-order chi connectivity index (χ0) is 15.9. The number of fused-ring (bicyclic) bond motifs is 1. The van der Waals surface area contributed by atoms with Crippen molar-refractivity contribution in [1.29, 1.82) is 0 Å². The van der Waals surface area contributed by atoms with Gasteiger partial charge in [0.05, 0.1) is 10.9 Å². The Labute approximate surface area is 127 Å². The molecule has 2 amide bonds. The Balaban J connectivity index is 2.21. The predicted octanol–water partition coefficient (Wildman–Crippen LogP) is 1.38. The SMILES string of the molecule is Cc1cccc2c(=O)n(C3CCCC(=O)NC3=O)c(C)nc12. The van der Waals surface area contributed by atoms with Crippen LogP contribution in [0.15, 0.2) is 23.0 Å². The normalized spacial score (nSPS) is 19.1. The number of nitrogens with one attached hydrogen (secondary N) is 1. The largest absolute Gasteiger partial charge is 0.295 e. The number of imide groups is 1. The second kappa shape index (κ2) is 5.36. The van der Waals surface area contributed by atoms with Crippen LogP contribution in [-0.4, -0.2) is 21.4 Å². The Morgan fingerprint density at radius 3 is 2.77 bits per heavy atom. The van der Waals surface area contributed by atoms with Crippen LogP contribution in [0.1, 0.15) is 36.7 Å². The lowest BCUT2D eigenvalue weighted by Crippen LogP contribution is -2.39. The Hall–Kier alpha value is -2.50. The molecular formula is C16H17N3O3. The first kappa shape index (κ1) is 14.4. The van der Waals surface area contributed by atoms with Gasteiger partial charge >= 0.3 is 0 Å². The summed E-state index contributed by atoms with van der Waals surface area (Å²) in [6.45, 7) is 3.61. The minimum absolute atomic E-state index is 0.235. The number of aromatic nitrogens is 2. The fraction of sp³-hybridized carbons (Fsp3) is 0.375. The highest BCUT2D eigenvalue weighted by Crippen LogP contribution is 2.21. The maximum atomic E-state index is 12.8. The van der Waals surface area contributed by atoms with Gasteiger partial charge in [0.25, 0.3) is 5.56 Å². The van der Waals surface area contributed by atoms with Crippen molar-refractivity contribution in [2.24, 2.45) is 0 Å². The fourth-order valence-electron chi connectivity index (χ4n) is 2.96. The van der Waals surface area contributed by atoms with E-state index in [4.69, 9.17) is 0 Å². The first-order valence-electron chi connectivity index (χ1n) is 7.31. The van der Waals surface area contributed by atoms with Gasteiger partial charge < -0.3 is 0 Å². The van der Waals surface area contributed by atoms with E-state index in [9.17, 15) is 14.4 Å². The molecule has 2 heterocycles. The molecule has 2 aromatic rings. The van der Waals surface area contributed by atoms with Crippen LogP contribution < -0.4 is 10.9 Å². The summed E-state index contributed by atoms with van der Waals surface area (Å²) >= 11 is 0. The second-order valence-corrected chi connectivity index (χ2v) is 5.63. The van der Waals surface area contributed by atoms with E-state index in [1.165, 1.54) is 4.57 Å². The molecule has 1 fully saturated rings. The van der Waals surface area contributed by atoms with Crippen molar-refractivity contribution in [3.63, 3.8) is 0 Å². The van der Waals surface area contributed by atoms with E-state index in [1.54, 1.807) is 19.1 Å². The van der Waals surface area contributed by atoms with Gasteiger partial charge in [0.15, 0.2) is 0 Å². The monoisotopic (exact) mass is 299 g/mol. The van der Waals surface area contributed by atoms with E-state index in [0.29, 0.717) is 36.0 Å². The molecule has 0 aliphatic carbocycles. The lowest BCUT2D eigenvalue weighted by atomic mass is 10.1. The molecule has 0 bridgehead atoms. The summed E-state index contributed by atoms with van der Waals surface area (Å²) < 4.78 is 1.41. The van der Waals surface area contributed by atoms with Gasteiger partial charge in [-0.2, -0.15) is 0 Å². The molecule has 1 aromatic heterocycles. The van der Waals surface area contributed by atoms with Crippen molar-refractivity contribution in [3.8, 4) is 0 Å². The number of hydrogen-bond acceptors (Lipinski definition) is 4. The predicted molar refractivity (Wildman–Crippen MR) is 81.5 cm³/mol. The topological polar surface area (TPSA) is 81.1 Å². The van der Waals surface area contributed by atoms with Crippen LogP contribution in [0.4, 0.5) is 0 Å². The highest BCUT2D eigenvalue weighted by molar-refractivity contribution is 5.98. The zero-order valence-corrected chi connectivity index (χ0v) is 12.5. The lowest BCUT2D eigenvalue weighted by Gasteiger charge is -2.19. The van der Waals surface area contributed by atoms with E-state index in [0.717, 1.165) is 5.56 Å². The first-order valence-corrected chi connectivity index (χ1v) is 7.31. The standard InChI is InChI=1S/C16H17N3O3/c1-9-5-3-6-11-14(9)17-10(2)19(16(11)22)12-7-4-8-13(20)18-15(12)21/h3,5-6,12H,4,7-8H2,1-2H3,(H,18,20,21). The molecule has 1 N–H and O–H groups in total. The number of rotatable bonds is 1. The second-order valence-electron chi connectivity index (χ2n) is 5.63. The zero-order valence-electron chi connectivity index (χ0n) is 12.5. The van der Waals surface area contributed by atoms with Crippen LogP contribution in [0.2, 0.25) is 0 Å². The van der Waals surface area contributed by atoms with E-state index in [-0.39, 0.29) is 11.5 Å². The van der Waals surface area contributed by atoms with Gasteiger partial charge in [0, 0.05) is 6.42 Å². The van der Waals surface area contributed by atoms with Crippen molar-refractivity contribution in [2.75, 3.05) is 0 Å². The smallest absolute Gasteiger partial charge is 0.262 e. The molecule has 0 radical (unpaired) electrons. The number of carbonyl (C=O) groups is 2. The van der Waals surface area contributed by atoms with Gasteiger partial charge in [-0.25, -0.2) is 4.98 Å². The molecule has 0 saturated carbocycles. The Morgan fingerprint density at radius 2 is 2.00 bits per heavy atom. The third kappa shape index (κ3) is 2.30. The van der Waals surface area contributed by atoms with Crippen LogP contribution in [0, 0.1) is 13.8 Å². The van der Waals surface area contributed by atoms with Gasteiger partial charge in [0.1, 0.15) is 11.9 Å². The fourth-order valence-corrected chi connectivity index (χ4v) is 2.96. The molecule has 0 spiro atoms. The van der Waals surface area contributed by atoms with Crippen molar-refractivity contribution >= 4 is 22.7 Å². The minimum Gasteiger partial charge on any atom is -0.295 e. The molecule has 6 nitrogen and oxygen atoms in total. The van der Waals surface area contributed by atoms with Gasteiger partial charge in [-0.15, -0.1) is 0 Å². The maximum Gasteiger partial charge on any atom is 0.262 e. The van der Waals surface area contributed by atoms with E-state index in [1.807, 2.05) is 13.0 Å². The third-order valence-corrected chi connectivity index (χ3v) is 4.07. The number of aryl methyl sites for hydroxylation is 2. The van der Waals surface area contributed by atoms with Crippen LogP contribution in [0.3, 0.4) is 0 Å². The molecule has 114 valence electrons. The van der Waals surface area contributed by atoms with Crippen LogP contribution in [0.5, 0.6) is 0 Å². The molecule has 1 unspecified atom stereocenters.